The van der Waals surface area contributed by atoms with Gasteiger partial charge in [-0.3, -0.25) is 0 Å². The van der Waals surface area contributed by atoms with Crippen LogP contribution < -0.4 is 11.1 Å². The largest absolute Gasteiger partial charge is 0.385 e. The Morgan fingerprint density at radius 3 is 3.06 bits per heavy atom. The van der Waals surface area contributed by atoms with E-state index < -0.39 is 5.60 Å². The van der Waals surface area contributed by atoms with E-state index in [4.69, 9.17) is 10.5 Å². The first-order valence-corrected chi connectivity index (χ1v) is 5.68. The highest BCUT2D eigenvalue weighted by atomic mass is 16.5. The Balaban J connectivity index is 2.05. The lowest BCUT2D eigenvalue weighted by Crippen LogP contribution is -2.43. The monoisotopic (exact) mass is 238 g/mol. The molecule has 0 bridgehead atoms. The maximum absolute atomic E-state index is 10.3. The van der Waals surface area contributed by atoms with Gasteiger partial charge in [0.1, 0.15) is 23.6 Å². The van der Waals surface area contributed by atoms with Crippen molar-refractivity contribution in [1.29, 1.82) is 0 Å². The van der Waals surface area contributed by atoms with E-state index in [2.05, 4.69) is 15.3 Å². The Labute approximate surface area is 100 Å². The topological polar surface area (TPSA) is 93.3 Å². The zero-order chi connectivity index (χ0) is 12.5. The first kappa shape index (κ1) is 12.1. The summed E-state index contributed by atoms with van der Waals surface area (Å²) in [6, 6.07) is 0. The van der Waals surface area contributed by atoms with Crippen LogP contribution in [-0.4, -0.2) is 39.9 Å². The van der Waals surface area contributed by atoms with E-state index in [9.17, 15) is 5.11 Å². The number of ether oxygens (including phenoxy) is 1. The molecule has 1 saturated heterocycles. The molecule has 2 atom stereocenters. The van der Waals surface area contributed by atoms with Crippen molar-refractivity contribution in [3.8, 4) is 0 Å². The molecule has 1 fully saturated rings. The van der Waals surface area contributed by atoms with Crippen LogP contribution in [0.4, 0.5) is 11.6 Å². The van der Waals surface area contributed by atoms with Crippen LogP contribution >= 0.6 is 0 Å². The van der Waals surface area contributed by atoms with Gasteiger partial charge in [0, 0.05) is 25.1 Å². The second kappa shape index (κ2) is 4.46. The average molecular weight is 238 g/mol. The molecule has 0 saturated carbocycles. The molecule has 0 radical (unpaired) electrons. The summed E-state index contributed by atoms with van der Waals surface area (Å²) in [7, 11) is 0. The minimum Gasteiger partial charge on any atom is -0.385 e. The lowest BCUT2D eigenvalue weighted by Gasteiger charge is -2.26. The molecular formula is C11H18N4O2. The molecule has 0 aliphatic carbocycles. The van der Waals surface area contributed by atoms with E-state index in [1.54, 1.807) is 0 Å². The minimum absolute atomic E-state index is 0.172. The van der Waals surface area contributed by atoms with Crippen LogP contribution in [0.15, 0.2) is 6.33 Å². The van der Waals surface area contributed by atoms with E-state index in [1.807, 2.05) is 13.8 Å². The summed E-state index contributed by atoms with van der Waals surface area (Å²) in [5.41, 5.74) is 5.64. The molecule has 0 amide bonds. The maximum Gasteiger partial charge on any atom is 0.134 e. The third-order valence-electron chi connectivity index (χ3n) is 3.34. The molecule has 1 aromatic heterocycles. The summed E-state index contributed by atoms with van der Waals surface area (Å²) < 4.78 is 5.36. The van der Waals surface area contributed by atoms with Gasteiger partial charge in [0.25, 0.3) is 0 Å². The number of aliphatic hydroxyl groups is 1. The van der Waals surface area contributed by atoms with Gasteiger partial charge in [0.05, 0.1) is 6.10 Å². The van der Waals surface area contributed by atoms with Gasteiger partial charge in [0.2, 0.25) is 0 Å². The molecule has 17 heavy (non-hydrogen) atoms. The minimum atomic E-state index is -0.841. The number of rotatable bonds is 3. The Morgan fingerprint density at radius 2 is 2.41 bits per heavy atom. The molecule has 0 spiro atoms. The lowest BCUT2D eigenvalue weighted by molar-refractivity contribution is -0.0176. The molecule has 2 rings (SSSR count). The summed E-state index contributed by atoms with van der Waals surface area (Å²) in [4.78, 5) is 7.99. The summed E-state index contributed by atoms with van der Waals surface area (Å²) in [5.74, 6) is 1.11. The van der Waals surface area contributed by atoms with Gasteiger partial charge >= 0.3 is 0 Å². The first-order chi connectivity index (χ1) is 8.03. The number of anilines is 2. The van der Waals surface area contributed by atoms with Crippen LogP contribution in [0.25, 0.3) is 0 Å². The molecule has 6 heteroatoms. The summed E-state index contributed by atoms with van der Waals surface area (Å²) in [6.45, 7) is 4.70. The predicted molar refractivity (Wildman–Crippen MR) is 64.7 cm³/mol. The molecular weight excluding hydrogens is 220 g/mol. The number of nitrogen functional groups attached to an aromatic ring is 1. The zero-order valence-corrected chi connectivity index (χ0v) is 10.1. The number of hydrogen-bond donors (Lipinski definition) is 3. The summed E-state index contributed by atoms with van der Waals surface area (Å²) >= 11 is 0. The Bertz CT molecular complexity index is 412. The highest BCUT2D eigenvalue weighted by molar-refractivity contribution is 5.53. The van der Waals surface area contributed by atoms with Crippen LogP contribution in [0.5, 0.6) is 0 Å². The molecule has 94 valence electrons. The fourth-order valence-electron chi connectivity index (χ4n) is 1.88. The van der Waals surface area contributed by atoms with Crippen LogP contribution in [0.3, 0.4) is 0 Å². The predicted octanol–water partition coefficient (Wildman–Crippen LogP) is 0.319. The second-order valence-corrected chi connectivity index (χ2v) is 4.45. The Hall–Kier alpha value is -1.40. The van der Waals surface area contributed by atoms with Crippen molar-refractivity contribution >= 4 is 11.6 Å². The number of aromatic nitrogens is 2. The number of nitrogens with one attached hydrogen (secondary N) is 1. The lowest BCUT2D eigenvalue weighted by atomic mass is 9.97. The second-order valence-electron chi connectivity index (χ2n) is 4.45. The molecule has 1 aliphatic rings. The number of hydrogen-bond acceptors (Lipinski definition) is 6. The van der Waals surface area contributed by atoms with E-state index >= 15 is 0 Å². The third-order valence-corrected chi connectivity index (χ3v) is 3.34. The quantitative estimate of drug-likeness (QED) is 0.702. The van der Waals surface area contributed by atoms with Crippen LogP contribution in [0.1, 0.15) is 18.9 Å². The third kappa shape index (κ3) is 2.32. The van der Waals surface area contributed by atoms with Crippen molar-refractivity contribution in [2.45, 2.75) is 32.0 Å². The number of nitrogens with two attached hydrogens (primary N) is 1. The SMILES string of the molecule is Cc1c(N)ncnc1NCC1(O)CCOC1C. The fraction of sp³-hybridized carbons (Fsp3) is 0.636. The van der Waals surface area contributed by atoms with Crippen molar-refractivity contribution in [2.75, 3.05) is 24.2 Å². The molecule has 1 aromatic rings. The van der Waals surface area contributed by atoms with Gasteiger partial charge < -0.3 is 20.9 Å². The van der Waals surface area contributed by atoms with Gasteiger partial charge in [-0.05, 0) is 13.8 Å². The highest BCUT2D eigenvalue weighted by Crippen LogP contribution is 2.26. The fourth-order valence-corrected chi connectivity index (χ4v) is 1.88. The Morgan fingerprint density at radius 1 is 1.65 bits per heavy atom. The van der Waals surface area contributed by atoms with E-state index in [0.29, 0.717) is 31.2 Å². The van der Waals surface area contributed by atoms with Gasteiger partial charge in [-0.1, -0.05) is 0 Å². The molecule has 2 unspecified atom stereocenters. The summed E-state index contributed by atoms with van der Waals surface area (Å²) in [6.07, 6.45) is 1.86. The van der Waals surface area contributed by atoms with Gasteiger partial charge in [-0.25, -0.2) is 9.97 Å². The highest BCUT2D eigenvalue weighted by Gasteiger charge is 2.39. The molecule has 1 aliphatic heterocycles. The van der Waals surface area contributed by atoms with Gasteiger partial charge in [-0.15, -0.1) is 0 Å². The zero-order valence-electron chi connectivity index (χ0n) is 10.1. The molecule has 4 N–H and O–H groups in total. The summed E-state index contributed by atoms with van der Waals surface area (Å²) in [5, 5.41) is 13.4. The van der Waals surface area contributed by atoms with Gasteiger partial charge in [0.15, 0.2) is 0 Å². The van der Waals surface area contributed by atoms with Crippen LogP contribution in [-0.2, 0) is 4.74 Å². The van der Waals surface area contributed by atoms with E-state index in [0.717, 1.165) is 5.56 Å². The smallest absolute Gasteiger partial charge is 0.134 e. The van der Waals surface area contributed by atoms with Crippen molar-refractivity contribution in [1.82, 2.24) is 9.97 Å². The first-order valence-electron chi connectivity index (χ1n) is 5.68. The molecule has 0 aromatic carbocycles. The van der Waals surface area contributed by atoms with E-state index in [1.165, 1.54) is 6.33 Å². The van der Waals surface area contributed by atoms with Crippen molar-refractivity contribution in [2.24, 2.45) is 0 Å². The molecule has 2 heterocycles. The molecule has 6 nitrogen and oxygen atoms in total. The van der Waals surface area contributed by atoms with Crippen molar-refractivity contribution in [3.05, 3.63) is 11.9 Å². The maximum atomic E-state index is 10.3. The van der Waals surface area contributed by atoms with Crippen LogP contribution in [0, 0.1) is 6.92 Å². The van der Waals surface area contributed by atoms with Crippen LogP contribution in [0.2, 0.25) is 0 Å². The number of nitrogens with zero attached hydrogens (tertiary/aromatic N) is 2. The normalized spacial score (nSPS) is 28.3. The van der Waals surface area contributed by atoms with E-state index in [-0.39, 0.29) is 6.10 Å². The standard InChI is InChI=1S/C11H18N4O2/c1-7-9(12)14-6-15-10(7)13-5-11(16)3-4-17-8(11)2/h6,8,16H,3-5H2,1-2H3,(H3,12,13,14,15). The van der Waals surface area contributed by atoms with Crippen molar-refractivity contribution < 1.29 is 9.84 Å². The van der Waals surface area contributed by atoms with Gasteiger partial charge in [-0.2, -0.15) is 0 Å². The Kier molecular flexibility index (Phi) is 3.17. The van der Waals surface area contributed by atoms with Crippen molar-refractivity contribution in [3.63, 3.8) is 0 Å². The average Bonchev–Trinajstić information content (AvgIpc) is 2.62.